The zero-order valence-corrected chi connectivity index (χ0v) is 13.3. The van der Waals surface area contributed by atoms with Crippen LogP contribution in [0.25, 0.3) is 6.08 Å². The van der Waals surface area contributed by atoms with Crippen LogP contribution >= 0.6 is 11.3 Å². The highest BCUT2D eigenvalue weighted by molar-refractivity contribution is 7.15. The number of nitro groups is 1. The Morgan fingerprint density at radius 2 is 1.96 bits per heavy atom. The van der Waals surface area contributed by atoms with Gasteiger partial charge in [-0.1, -0.05) is 0 Å². The van der Waals surface area contributed by atoms with Crippen molar-refractivity contribution in [3.05, 3.63) is 45.3 Å². The van der Waals surface area contributed by atoms with Gasteiger partial charge in [-0.25, -0.2) is 15.0 Å². The van der Waals surface area contributed by atoms with Crippen molar-refractivity contribution in [1.82, 2.24) is 20.0 Å². The summed E-state index contributed by atoms with van der Waals surface area (Å²) >= 11 is 0.858. The van der Waals surface area contributed by atoms with Crippen LogP contribution in [0.15, 0.2) is 30.4 Å². The lowest BCUT2D eigenvalue weighted by molar-refractivity contribution is -0.384. The third-order valence-electron chi connectivity index (χ3n) is 2.63. The summed E-state index contributed by atoms with van der Waals surface area (Å²) in [7, 11) is 1.53. The number of hydrogen-bond acceptors (Lipinski definition) is 11. The minimum Gasteiger partial charge on any atom is -0.554 e. The van der Waals surface area contributed by atoms with Crippen molar-refractivity contribution in [2.24, 2.45) is 0 Å². The molecule has 0 unspecified atom stereocenters. The molecule has 130 valence electrons. The average molecular weight is 365 g/mol. The van der Waals surface area contributed by atoms with Gasteiger partial charge in [0.2, 0.25) is 0 Å². The third-order valence-corrected chi connectivity index (χ3v) is 3.52. The number of aromatic nitrogens is 3. The van der Waals surface area contributed by atoms with Crippen LogP contribution in [0.4, 0.5) is 11.1 Å². The molecule has 13 heteroatoms. The SMILES string of the molecule is CN1ON(c2ncccn2)C(=O)C1=Cc1cnc([N+](=O)[O-])s1.O=C[O-]. The Labute approximate surface area is 143 Å². The molecule has 3 rings (SSSR count). The lowest BCUT2D eigenvalue weighted by Crippen LogP contribution is -2.25. The van der Waals surface area contributed by atoms with E-state index in [1.807, 2.05) is 0 Å². The van der Waals surface area contributed by atoms with Crippen molar-refractivity contribution in [2.45, 2.75) is 0 Å². The number of anilines is 1. The highest BCUT2D eigenvalue weighted by Crippen LogP contribution is 2.27. The maximum absolute atomic E-state index is 12.3. The second kappa shape index (κ2) is 7.89. The molecule has 25 heavy (non-hydrogen) atoms. The maximum atomic E-state index is 12.3. The molecule has 1 fully saturated rings. The summed E-state index contributed by atoms with van der Waals surface area (Å²) in [5, 5.41) is 20.8. The van der Waals surface area contributed by atoms with Gasteiger partial charge in [0, 0.05) is 25.9 Å². The molecule has 1 aliphatic rings. The van der Waals surface area contributed by atoms with Crippen molar-refractivity contribution >= 4 is 40.9 Å². The van der Waals surface area contributed by atoms with E-state index in [0.29, 0.717) is 4.88 Å². The van der Waals surface area contributed by atoms with E-state index in [0.717, 1.165) is 16.4 Å². The number of amides is 1. The van der Waals surface area contributed by atoms with Crippen molar-refractivity contribution in [3.63, 3.8) is 0 Å². The molecule has 12 nitrogen and oxygen atoms in total. The second-order valence-corrected chi connectivity index (χ2v) is 5.20. The zero-order chi connectivity index (χ0) is 18.4. The van der Waals surface area contributed by atoms with Crippen LogP contribution < -0.4 is 10.2 Å². The van der Waals surface area contributed by atoms with Gasteiger partial charge in [0.1, 0.15) is 5.70 Å². The molecule has 0 atom stereocenters. The van der Waals surface area contributed by atoms with Gasteiger partial charge < -0.3 is 20.0 Å². The summed E-state index contributed by atoms with van der Waals surface area (Å²) in [6.07, 6.45) is 5.73. The number of carboxylic acid groups (broad SMARTS) is 1. The van der Waals surface area contributed by atoms with E-state index < -0.39 is 17.3 Å². The maximum Gasteiger partial charge on any atom is 0.423 e. The van der Waals surface area contributed by atoms with Crippen LogP contribution in [0.1, 0.15) is 4.88 Å². The van der Waals surface area contributed by atoms with Crippen LogP contribution in [0.2, 0.25) is 0 Å². The van der Waals surface area contributed by atoms with Crippen LogP contribution in [0, 0.1) is 10.1 Å². The van der Waals surface area contributed by atoms with Crippen LogP contribution in [-0.2, 0) is 14.5 Å². The first kappa shape index (κ1) is 17.9. The van der Waals surface area contributed by atoms with E-state index in [-0.39, 0.29) is 16.8 Å². The Balaban J connectivity index is 0.000000701. The highest BCUT2D eigenvalue weighted by Gasteiger charge is 2.35. The summed E-state index contributed by atoms with van der Waals surface area (Å²) in [5.74, 6) is -0.386. The van der Waals surface area contributed by atoms with E-state index in [9.17, 15) is 14.9 Å². The van der Waals surface area contributed by atoms with Gasteiger partial charge in [0.05, 0.1) is 4.88 Å². The van der Waals surface area contributed by atoms with Crippen LogP contribution in [-0.4, -0.2) is 44.4 Å². The third kappa shape index (κ3) is 4.10. The average Bonchev–Trinajstić information content (AvgIpc) is 3.17. The number of carbonyl (C=O) groups excluding carboxylic acids is 2. The summed E-state index contributed by atoms with van der Waals surface area (Å²) in [5.41, 5.74) is 0.186. The predicted molar refractivity (Wildman–Crippen MR) is 81.2 cm³/mol. The van der Waals surface area contributed by atoms with E-state index in [4.69, 9.17) is 14.8 Å². The Hall–Kier alpha value is -3.45. The molecule has 0 aromatic carbocycles. The predicted octanol–water partition coefficient (Wildman–Crippen LogP) is -0.627. The molecule has 0 saturated carbocycles. The number of hydroxylamine groups is 3. The number of thiazole rings is 1. The monoisotopic (exact) mass is 365 g/mol. The summed E-state index contributed by atoms with van der Waals surface area (Å²) in [6, 6.07) is 1.61. The Morgan fingerprint density at radius 1 is 1.32 bits per heavy atom. The molecule has 2 aromatic heterocycles. The number of carbonyl (C=O) groups is 2. The molecular weight excluding hydrogens is 356 g/mol. The fourth-order valence-electron chi connectivity index (χ4n) is 1.68. The number of likely N-dealkylation sites (N-methyl/N-ethyl adjacent to an activating group) is 1. The minimum absolute atomic E-state index is 0.0954. The Kier molecular flexibility index (Phi) is 5.65. The summed E-state index contributed by atoms with van der Waals surface area (Å²) < 4.78 is 0. The van der Waals surface area contributed by atoms with Crippen LogP contribution in [0.3, 0.4) is 0 Å². The zero-order valence-electron chi connectivity index (χ0n) is 12.5. The topological polar surface area (TPSA) is 155 Å². The van der Waals surface area contributed by atoms with E-state index in [2.05, 4.69) is 15.0 Å². The van der Waals surface area contributed by atoms with Crippen molar-refractivity contribution in [3.8, 4) is 0 Å². The Morgan fingerprint density at radius 3 is 2.52 bits per heavy atom. The lowest BCUT2D eigenvalue weighted by atomic mass is 10.3. The van der Waals surface area contributed by atoms with E-state index in [1.165, 1.54) is 36.8 Å². The molecule has 1 amide bonds. The second-order valence-electron chi connectivity index (χ2n) is 4.16. The van der Waals surface area contributed by atoms with Gasteiger partial charge >= 0.3 is 11.0 Å². The first-order valence-electron chi connectivity index (χ1n) is 6.38. The van der Waals surface area contributed by atoms with Crippen LogP contribution in [0.5, 0.6) is 0 Å². The summed E-state index contributed by atoms with van der Waals surface area (Å²) in [4.78, 5) is 47.9. The number of rotatable bonds is 3. The molecule has 2 aromatic rings. The van der Waals surface area contributed by atoms with Gasteiger partial charge in [-0.3, -0.25) is 4.79 Å². The first-order chi connectivity index (χ1) is 12.0. The normalized spacial score (nSPS) is 15.1. The first-order valence-corrected chi connectivity index (χ1v) is 7.20. The molecule has 1 saturated heterocycles. The fourth-order valence-corrected chi connectivity index (χ4v) is 2.35. The van der Waals surface area contributed by atoms with Crippen molar-refractivity contribution < 1.29 is 24.6 Å². The molecular formula is C12H9N6O6S-. The standard InChI is InChI=1S/C11H8N6O4S.CH2O2/c1-15-8(5-7-6-14-11(22-7)17(19)20)9(18)16(21-15)10-12-3-2-4-13-10;2-1-3/h2-6H,1H3;1H,(H,2,3)/p-1. The highest BCUT2D eigenvalue weighted by atomic mass is 32.1. The summed E-state index contributed by atoms with van der Waals surface area (Å²) in [6.45, 7) is -0.500. The van der Waals surface area contributed by atoms with Gasteiger partial charge in [-0.2, -0.15) is 0 Å². The molecule has 0 bridgehead atoms. The smallest absolute Gasteiger partial charge is 0.423 e. The van der Waals surface area contributed by atoms with E-state index in [1.54, 1.807) is 6.07 Å². The van der Waals surface area contributed by atoms with E-state index >= 15 is 0 Å². The molecule has 1 aliphatic heterocycles. The molecule has 3 heterocycles. The van der Waals surface area contributed by atoms with Gasteiger partial charge in [-0.15, -0.1) is 10.0 Å². The molecule has 0 aliphatic carbocycles. The Bertz CT molecular complexity index is 809. The largest absolute Gasteiger partial charge is 0.554 e. The lowest BCUT2D eigenvalue weighted by Gasteiger charge is -2.10. The number of nitrogens with zero attached hydrogens (tertiary/aromatic N) is 6. The van der Waals surface area contributed by atoms with Gasteiger partial charge in [-0.05, 0) is 33.4 Å². The van der Waals surface area contributed by atoms with Crippen molar-refractivity contribution in [2.75, 3.05) is 12.1 Å². The van der Waals surface area contributed by atoms with Crippen molar-refractivity contribution in [1.29, 1.82) is 0 Å². The van der Waals surface area contributed by atoms with Gasteiger partial charge in [0.25, 0.3) is 5.95 Å². The quantitative estimate of drug-likeness (QED) is 0.297. The molecule has 0 N–H and O–H groups in total. The molecule has 0 spiro atoms. The number of hydrogen-bond donors (Lipinski definition) is 0. The van der Waals surface area contributed by atoms with Gasteiger partial charge in [0.15, 0.2) is 6.20 Å². The molecule has 0 radical (unpaired) electrons. The fraction of sp³-hybridized carbons (Fsp3) is 0.0833. The minimum atomic E-state index is -0.590.